The van der Waals surface area contributed by atoms with Gasteiger partial charge in [0.2, 0.25) is 0 Å². The Morgan fingerprint density at radius 3 is 2.50 bits per heavy atom. The first kappa shape index (κ1) is 19.4. The minimum atomic E-state index is -0.434. The number of ether oxygens (including phenoxy) is 1. The highest BCUT2D eigenvalue weighted by Crippen LogP contribution is 2.26. The van der Waals surface area contributed by atoms with Crippen LogP contribution in [-0.2, 0) is 6.54 Å². The third-order valence-electron chi connectivity index (χ3n) is 4.90. The van der Waals surface area contributed by atoms with Crippen molar-refractivity contribution in [1.82, 2.24) is 9.80 Å². The lowest BCUT2D eigenvalue weighted by atomic mass is 10.1. The van der Waals surface area contributed by atoms with Crippen LogP contribution >= 0.6 is 0 Å². The van der Waals surface area contributed by atoms with Crippen LogP contribution in [0.3, 0.4) is 0 Å². The molecule has 0 radical (unpaired) electrons. The van der Waals surface area contributed by atoms with E-state index in [1.807, 2.05) is 30.3 Å². The van der Waals surface area contributed by atoms with Gasteiger partial charge in [0.1, 0.15) is 18.1 Å². The maximum atomic E-state index is 12.8. The first-order valence-electron chi connectivity index (χ1n) is 9.50. The zero-order valence-electron chi connectivity index (χ0n) is 16.4. The van der Waals surface area contributed by atoms with Crippen LogP contribution in [0.5, 0.6) is 5.75 Å². The molecule has 0 N–H and O–H groups in total. The van der Waals surface area contributed by atoms with Crippen LogP contribution in [-0.4, -0.2) is 47.7 Å². The highest BCUT2D eigenvalue weighted by molar-refractivity contribution is 6.22. The average molecular weight is 404 g/mol. The minimum Gasteiger partial charge on any atom is -0.492 e. The predicted molar refractivity (Wildman–Crippen MR) is 108 cm³/mol. The summed E-state index contributed by atoms with van der Waals surface area (Å²) in [6.45, 7) is 0.771. The normalized spacial score (nSPS) is 12.8. The first-order valence-corrected chi connectivity index (χ1v) is 9.50. The van der Waals surface area contributed by atoms with Crippen molar-refractivity contribution >= 4 is 17.7 Å². The van der Waals surface area contributed by atoms with Gasteiger partial charge < -0.3 is 14.1 Å². The lowest BCUT2D eigenvalue weighted by molar-refractivity contribution is 0.0631. The van der Waals surface area contributed by atoms with Gasteiger partial charge in [-0.05, 0) is 42.5 Å². The molecule has 152 valence electrons. The van der Waals surface area contributed by atoms with Crippen LogP contribution in [0.1, 0.15) is 36.8 Å². The van der Waals surface area contributed by atoms with Crippen LogP contribution in [0.25, 0.3) is 0 Å². The third kappa shape index (κ3) is 3.82. The maximum absolute atomic E-state index is 12.8. The molecular formula is C23H20N2O5. The summed E-state index contributed by atoms with van der Waals surface area (Å²) in [5, 5.41) is 0. The summed E-state index contributed by atoms with van der Waals surface area (Å²) < 4.78 is 10.9. The fourth-order valence-corrected chi connectivity index (χ4v) is 3.26. The molecule has 0 saturated carbocycles. The summed E-state index contributed by atoms with van der Waals surface area (Å²) in [4.78, 5) is 40.7. The van der Waals surface area contributed by atoms with Crippen LogP contribution in [0.4, 0.5) is 0 Å². The van der Waals surface area contributed by atoms with Crippen LogP contribution in [0.15, 0.2) is 71.3 Å². The van der Waals surface area contributed by atoms with Crippen molar-refractivity contribution in [3.63, 3.8) is 0 Å². The van der Waals surface area contributed by atoms with E-state index in [4.69, 9.17) is 9.15 Å². The number of furan rings is 1. The maximum Gasteiger partial charge on any atom is 0.261 e. The number of hydrogen-bond acceptors (Lipinski definition) is 5. The molecule has 0 unspecified atom stereocenters. The summed E-state index contributed by atoms with van der Waals surface area (Å²) in [5.74, 6) is 0.168. The summed E-state index contributed by atoms with van der Waals surface area (Å²) >= 11 is 0. The molecule has 2 heterocycles. The molecule has 0 bridgehead atoms. The quantitative estimate of drug-likeness (QED) is 0.565. The van der Waals surface area contributed by atoms with Gasteiger partial charge in [-0.15, -0.1) is 0 Å². The van der Waals surface area contributed by atoms with Crippen LogP contribution in [0, 0.1) is 0 Å². The van der Waals surface area contributed by atoms with Crippen molar-refractivity contribution in [2.24, 2.45) is 0 Å². The Kier molecular flexibility index (Phi) is 5.34. The number of carbonyl (C=O) groups excluding carboxylic acids is 3. The van der Waals surface area contributed by atoms with Crippen molar-refractivity contribution in [3.8, 4) is 5.75 Å². The molecule has 1 aliphatic rings. The molecule has 3 aromatic rings. The summed E-state index contributed by atoms with van der Waals surface area (Å²) in [7, 11) is 1.67. The van der Waals surface area contributed by atoms with Gasteiger partial charge in [0.15, 0.2) is 0 Å². The molecule has 1 aliphatic heterocycles. The number of para-hydroxylation sites is 1. The molecule has 7 heteroatoms. The van der Waals surface area contributed by atoms with Gasteiger partial charge in [0.05, 0.1) is 30.5 Å². The van der Waals surface area contributed by atoms with E-state index in [9.17, 15) is 14.4 Å². The van der Waals surface area contributed by atoms with Gasteiger partial charge >= 0.3 is 0 Å². The molecule has 7 nitrogen and oxygen atoms in total. The Hall–Kier alpha value is -3.87. The Morgan fingerprint density at radius 1 is 1.00 bits per heavy atom. The number of nitrogens with zero attached hydrogens (tertiary/aromatic N) is 2. The van der Waals surface area contributed by atoms with Gasteiger partial charge in [-0.25, -0.2) is 0 Å². The van der Waals surface area contributed by atoms with E-state index >= 15 is 0 Å². The van der Waals surface area contributed by atoms with Crippen molar-refractivity contribution in [2.75, 3.05) is 20.2 Å². The zero-order valence-corrected chi connectivity index (χ0v) is 16.4. The van der Waals surface area contributed by atoms with Crippen LogP contribution < -0.4 is 4.74 Å². The number of carbonyl (C=O) groups is 3. The molecule has 0 fully saturated rings. The monoisotopic (exact) mass is 404 g/mol. The SMILES string of the molecule is CN(CCOc1ccccc1)C(=O)c1ccc2c(c1)C(=O)N(Cc1ccco1)C2=O. The van der Waals surface area contributed by atoms with Gasteiger partial charge in [-0.1, -0.05) is 18.2 Å². The fourth-order valence-electron chi connectivity index (χ4n) is 3.26. The fraction of sp³-hybridized carbons (Fsp3) is 0.174. The molecule has 0 atom stereocenters. The van der Waals surface area contributed by atoms with Gasteiger partial charge in [-0.2, -0.15) is 0 Å². The number of amides is 3. The number of imide groups is 1. The summed E-state index contributed by atoms with van der Waals surface area (Å²) in [6.07, 6.45) is 1.49. The summed E-state index contributed by atoms with van der Waals surface area (Å²) in [6, 6.07) is 17.3. The first-order chi connectivity index (χ1) is 14.5. The predicted octanol–water partition coefficient (Wildman–Crippen LogP) is 3.23. The molecule has 0 spiro atoms. The third-order valence-corrected chi connectivity index (χ3v) is 4.90. The Morgan fingerprint density at radius 2 is 1.77 bits per heavy atom. The van der Waals surface area contributed by atoms with Gasteiger partial charge in [-0.3, -0.25) is 19.3 Å². The van der Waals surface area contributed by atoms with E-state index in [1.165, 1.54) is 23.3 Å². The zero-order chi connectivity index (χ0) is 21.1. The lowest BCUT2D eigenvalue weighted by Gasteiger charge is -2.18. The molecule has 1 aromatic heterocycles. The summed E-state index contributed by atoms with van der Waals surface area (Å²) in [5.41, 5.74) is 0.862. The largest absolute Gasteiger partial charge is 0.492 e. The molecule has 2 aromatic carbocycles. The molecular weight excluding hydrogens is 384 g/mol. The van der Waals surface area contributed by atoms with Gasteiger partial charge in [0.25, 0.3) is 17.7 Å². The highest BCUT2D eigenvalue weighted by atomic mass is 16.5. The Bertz CT molecular complexity index is 1080. The molecule has 3 amide bonds. The van der Waals surface area contributed by atoms with Gasteiger partial charge in [0, 0.05) is 12.6 Å². The number of benzene rings is 2. The van der Waals surface area contributed by atoms with E-state index in [0.29, 0.717) is 24.5 Å². The topological polar surface area (TPSA) is 80.1 Å². The number of fused-ring (bicyclic) bond motifs is 1. The van der Waals surface area contributed by atoms with E-state index < -0.39 is 11.8 Å². The Balaban J connectivity index is 1.42. The molecule has 0 saturated heterocycles. The molecule has 0 aliphatic carbocycles. The van der Waals surface area contributed by atoms with E-state index in [1.54, 1.807) is 25.2 Å². The average Bonchev–Trinajstić information content (AvgIpc) is 3.37. The molecule has 30 heavy (non-hydrogen) atoms. The molecule has 4 rings (SSSR count). The van der Waals surface area contributed by atoms with E-state index in [2.05, 4.69) is 0 Å². The number of hydrogen-bond donors (Lipinski definition) is 0. The smallest absolute Gasteiger partial charge is 0.261 e. The lowest BCUT2D eigenvalue weighted by Crippen LogP contribution is -2.31. The second-order valence-electron chi connectivity index (χ2n) is 6.92. The highest BCUT2D eigenvalue weighted by Gasteiger charge is 2.36. The second kappa shape index (κ2) is 8.24. The minimum absolute atomic E-state index is 0.0549. The van der Waals surface area contributed by atoms with Crippen LogP contribution in [0.2, 0.25) is 0 Å². The second-order valence-corrected chi connectivity index (χ2v) is 6.92. The number of likely N-dealkylation sites (N-methyl/N-ethyl adjacent to an activating group) is 1. The Labute approximate surface area is 173 Å². The van der Waals surface area contributed by atoms with Crippen molar-refractivity contribution in [1.29, 1.82) is 0 Å². The van der Waals surface area contributed by atoms with Crippen molar-refractivity contribution in [3.05, 3.63) is 89.4 Å². The van der Waals surface area contributed by atoms with E-state index in [-0.39, 0.29) is 23.6 Å². The van der Waals surface area contributed by atoms with Crippen molar-refractivity contribution < 1.29 is 23.5 Å². The van der Waals surface area contributed by atoms with E-state index in [0.717, 1.165) is 10.6 Å². The van der Waals surface area contributed by atoms with Crippen molar-refractivity contribution in [2.45, 2.75) is 6.54 Å². The number of rotatable bonds is 7. The standard InChI is InChI=1S/C23H20N2O5/c1-24(11-13-30-17-6-3-2-4-7-17)21(26)16-9-10-19-20(14-16)23(28)25(22(19)27)15-18-8-5-12-29-18/h2-10,12,14H,11,13,15H2,1H3.